The highest BCUT2D eigenvalue weighted by Crippen LogP contribution is 2.26. The van der Waals surface area contributed by atoms with E-state index in [2.05, 4.69) is 18.8 Å². The van der Waals surface area contributed by atoms with Gasteiger partial charge in [-0.1, -0.05) is 13.8 Å². The van der Waals surface area contributed by atoms with E-state index in [1.54, 1.807) is 12.3 Å². The molecule has 0 aliphatic carbocycles. The van der Waals surface area contributed by atoms with Gasteiger partial charge in [0.15, 0.2) is 0 Å². The number of hydrogen-bond donors (Lipinski definition) is 1. The number of nitrogens with zero attached hydrogens (tertiary/aromatic N) is 2. The molecular formula is C15H23N3O. The standard InChI is InChI=1S/C15H23N3O/c1-10(2)12-4-6-18(7-5-12)15(19)13-9-17-11(3)8-14(13)16/h8-10,12H,4-7H2,1-3H3,(H2,16,17). The van der Waals surface area contributed by atoms with Gasteiger partial charge in [-0.15, -0.1) is 0 Å². The Morgan fingerprint density at radius 3 is 2.58 bits per heavy atom. The molecule has 2 heterocycles. The van der Waals surface area contributed by atoms with Gasteiger partial charge < -0.3 is 10.6 Å². The third-order valence-corrected chi connectivity index (χ3v) is 4.07. The average molecular weight is 261 g/mol. The Kier molecular flexibility index (Phi) is 4.08. The van der Waals surface area contributed by atoms with Crippen LogP contribution in [0.25, 0.3) is 0 Å². The molecule has 2 rings (SSSR count). The van der Waals surface area contributed by atoms with Crippen molar-refractivity contribution in [3.05, 3.63) is 23.5 Å². The van der Waals surface area contributed by atoms with Crippen LogP contribution in [0.3, 0.4) is 0 Å². The highest BCUT2D eigenvalue weighted by Gasteiger charge is 2.26. The SMILES string of the molecule is Cc1cc(N)c(C(=O)N2CCC(C(C)C)CC2)cn1. The lowest BCUT2D eigenvalue weighted by Gasteiger charge is -2.34. The number of piperidine rings is 1. The fraction of sp³-hybridized carbons (Fsp3) is 0.600. The highest BCUT2D eigenvalue weighted by molar-refractivity contribution is 5.98. The van der Waals surface area contributed by atoms with Crippen molar-refractivity contribution >= 4 is 11.6 Å². The number of rotatable bonds is 2. The van der Waals surface area contributed by atoms with E-state index in [1.807, 2.05) is 11.8 Å². The molecule has 0 aromatic carbocycles. The molecule has 1 amide bonds. The summed E-state index contributed by atoms with van der Waals surface area (Å²) in [5, 5.41) is 0. The predicted octanol–water partition coefficient (Wildman–Crippen LogP) is 2.48. The lowest BCUT2D eigenvalue weighted by Crippen LogP contribution is -2.39. The van der Waals surface area contributed by atoms with Gasteiger partial charge in [-0.3, -0.25) is 9.78 Å². The molecule has 1 saturated heterocycles. The van der Waals surface area contributed by atoms with E-state index < -0.39 is 0 Å². The summed E-state index contributed by atoms with van der Waals surface area (Å²) in [5.41, 5.74) is 7.82. The van der Waals surface area contributed by atoms with Crippen molar-refractivity contribution in [2.75, 3.05) is 18.8 Å². The molecule has 1 aromatic heterocycles. The largest absolute Gasteiger partial charge is 0.398 e. The third-order valence-electron chi connectivity index (χ3n) is 4.07. The Morgan fingerprint density at radius 2 is 2.05 bits per heavy atom. The molecule has 19 heavy (non-hydrogen) atoms. The van der Waals surface area contributed by atoms with Crippen LogP contribution in [0, 0.1) is 18.8 Å². The molecule has 0 bridgehead atoms. The Balaban J connectivity index is 2.05. The number of aromatic nitrogens is 1. The fourth-order valence-electron chi connectivity index (χ4n) is 2.70. The number of hydrogen-bond acceptors (Lipinski definition) is 3. The van der Waals surface area contributed by atoms with Crippen LogP contribution < -0.4 is 5.73 Å². The van der Waals surface area contributed by atoms with Crippen molar-refractivity contribution in [1.29, 1.82) is 0 Å². The van der Waals surface area contributed by atoms with Crippen LogP contribution in [0.5, 0.6) is 0 Å². The predicted molar refractivity (Wildman–Crippen MR) is 76.9 cm³/mol. The van der Waals surface area contributed by atoms with Crippen molar-refractivity contribution in [3.63, 3.8) is 0 Å². The van der Waals surface area contributed by atoms with E-state index in [9.17, 15) is 4.79 Å². The summed E-state index contributed by atoms with van der Waals surface area (Å²) in [6, 6.07) is 1.76. The topological polar surface area (TPSA) is 59.2 Å². The van der Waals surface area contributed by atoms with Gasteiger partial charge in [0.1, 0.15) is 0 Å². The van der Waals surface area contributed by atoms with Crippen molar-refractivity contribution in [3.8, 4) is 0 Å². The quantitative estimate of drug-likeness (QED) is 0.889. The van der Waals surface area contributed by atoms with Crippen LogP contribution >= 0.6 is 0 Å². The van der Waals surface area contributed by atoms with Crippen molar-refractivity contribution in [1.82, 2.24) is 9.88 Å². The molecule has 1 aromatic rings. The summed E-state index contributed by atoms with van der Waals surface area (Å²) < 4.78 is 0. The average Bonchev–Trinajstić information content (AvgIpc) is 2.38. The van der Waals surface area contributed by atoms with Gasteiger partial charge in [-0.25, -0.2) is 0 Å². The molecule has 4 nitrogen and oxygen atoms in total. The van der Waals surface area contributed by atoms with Crippen molar-refractivity contribution < 1.29 is 4.79 Å². The number of anilines is 1. The summed E-state index contributed by atoms with van der Waals surface area (Å²) in [6.07, 6.45) is 3.77. The van der Waals surface area contributed by atoms with Gasteiger partial charge in [0.25, 0.3) is 5.91 Å². The molecule has 0 unspecified atom stereocenters. The smallest absolute Gasteiger partial charge is 0.257 e. The summed E-state index contributed by atoms with van der Waals surface area (Å²) in [5.74, 6) is 1.45. The van der Waals surface area contributed by atoms with E-state index in [0.29, 0.717) is 17.2 Å². The molecule has 0 radical (unpaired) electrons. The van der Waals surface area contributed by atoms with Gasteiger partial charge in [-0.2, -0.15) is 0 Å². The Bertz CT molecular complexity index is 462. The number of nitrogen functional groups attached to an aromatic ring is 1. The maximum absolute atomic E-state index is 12.4. The molecule has 1 fully saturated rings. The van der Waals surface area contributed by atoms with Crippen LogP contribution in [0.1, 0.15) is 42.7 Å². The number of likely N-dealkylation sites (tertiary alicyclic amines) is 1. The Hall–Kier alpha value is -1.58. The van der Waals surface area contributed by atoms with Gasteiger partial charge >= 0.3 is 0 Å². The normalized spacial score (nSPS) is 16.9. The van der Waals surface area contributed by atoms with Crippen LogP contribution in [-0.2, 0) is 0 Å². The summed E-state index contributed by atoms with van der Waals surface area (Å²) in [7, 11) is 0. The van der Waals surface area contributed by atoms with Crippen molar-refractivity contribution in [2.24, 2.45) is 11.8 Å². The van der Waals surface area contributed by atoms with Gasteiger partial charge in [-0.05, 0) is 37.7 Å². The monoisotopic (exact) mass is 261 g/mol. The molecule has 1 aliphatic heterocycles. The van der Waals surface area contributed by atoms with Crippen LogP contribution in [0.4, 0.5) is 5.69 Å². The van der Waals surface area contributed by atoms with Crippen LogP contribution in [-0.4, -0.2) is 28.9 Å². The van der Waals surface area contributed by atoms with Gasteiger partial charge in [0, 0.05) is 30.7 Å². The minimum atomic E-state index is 0.0206. The zero-order chi connectivity index (χ0) is 14.0. The number of nitrogens with two attached hydrogens (primary N) is 1. The first kappa shape index (κ1) is 13.8. The number of amides is 1. The molecule has 0 saturated carbocycles. The minimum Gasteiger partial charge on any atom is -0.398 e. The number of aryl methyl sites for hydroxylation is 1. The zero-order valence-corrected chi connectivity index (χ0v) is 12.0. The first-order valence-electron chi connectivity index (χ1n) is 7.00. The fourth-order valence-corrected chi connectivity index (χ4v) is 2.70. The first-order valence-corrected chi connectivity index (χ1v) is 7.00. The minimum absolute atomic E-state index is 0.0206. The second-order valence-electron chi connectivity index (χ2n) is 5.79. The van der Waals surface area contributed by atoms with Crippen LogP contribution in [0.2, 0.25) is 0 Å². The van der Waals surface area contributed by atoms with Gasteiger partial charge in [0.05, 0.1) is 5.56 Å². The van der Waals surface area contributed by atoms with E-state index in [0.717, 1.165) is 37.5 Å². The van der Waals surface area contributed by atoms with E-state index in [-0.39, 0.29) is 5.91 Å². The highest BCUT2D eigenvalue weighted by atomic mass is 16.2. The number of carbonyl (C=O) groups is 1. The number of carbonyl (C=O) groups excluding carboxylic acids is 1. The summed E-state index contributed by atoms with van der Waals surface area (Å²) in [6.45, 7) is 8.04. The molecule has 0 atom stereocenters. The zero-order valence-electron chi connectivity index (χ0n) is 12.0. The van der Waals surface area contributed by atoms with Crippen molar-refractivity contribution in [2.45, 2.75) is 33.6 Å². The van der Waals surface area contributed by atoms with E-state index >= 15 is 0 Å². The lowest BCUT2D eigenvalue weighted by molar-refractivity contribution is 0.0668. The summed E-state index contributed by atoms with van der Waals surface area (Å²) in [4.78, 5) is 18.5. The molecule has 104 valence electrons. The summed E-state index contributed by atoms with van der Waals surface area (Å²) >= 11 is 0. The Labute approximate surface area is 115 Å². The maximum Gasteiger partial charge on any atom is 0.257 e. The van der Waals surface area contributed by atoms with E-state index in [1.165, 1.54) is 0 Å². The van der Waals surface area contributed by atoms with E-state index in [4.69, 9.17) is 5.73 Å². The molecule has 0 spiro atoms. The molecule has 4 heteroatoms. The lowest BCUT2D eigenvalue weighted by atomic mass is 9.86. The first-order chi connectivity index (χ1) is 8.99. The molecular weight excluding hydrogens is 238 g/mol. The van der Waals surface area contributed by atoms with Gasteiger partial charge in [0.2, 0.25) is 0 Å². The molecule has 2 N–H and O–H groups in total. The second kappa shape index (κ2) is 5.59. The molecule has 1 aliphatic rings. The van der Waals surface area contributed by atoms with Crippen LogP contribution in [0.15, 0.2) is 12.3 Å². The second-order valence-corrected chi connectivity index (χ2v) is 5.79. The Morgan fingerprint density at radius 1 is 1.42 bits per heavy atom. The third kappa shape index (κ3) is 3.06. The maximum atomic E-state index is 12.4. The number of pyridine rings is 1.